The van der Waals surface area contributed by atoms with Crippen molar-refractivity contribution in [2.24, 2.45) is 5.92 Å². The zero-order chi connectivity index (χ0) is 12.8. The van der Waals surface area contributed by atoms with Crippen LogP contribution >= 0.6 is 15.9 Å². The molecule has 1 fully saturated rings. The summed E-state index contributed by atoms with van der Waals surface area (Å²) in [4.78, 5) is 22.5. The number of carbonyl (C=O) groups is 2. The summed E-state index contributed by atoms with van der Waals surface area (Å²) < 4.78 is 10.00. The van der Waals surface area contributed by atoms with Crippen molar-refractivity contribution < 1.29 is 19.1 Å². The topological polar surface area (TPSA) is 64.6 Å². The van der Waals surface area contributed by atoms with Crippen molar-refractivity contribution >= 4 is 27.8 Å². The number of halogens is 1. The minimum absolute atomic E-state index is 0.00176. The predicted octanol–water partition coefficient (Wildman–Crippen LogP) is 0.854. The molecule has 0 saturated carbocycles. The third kappa shape index (κ3) is 3.96. The van der Waals surface area contributed by atoms with Gasteiger partial charge in [-0.2, -0.15) is 0 Å². The van der Waals surface area contributed by atoms with E-state index in [1.807, 2.05) is 6.92 Å². The molecule has 1 amide bonds. The van der Waals surface area contributed by atoms with Crippen molar-refractivity contribution in [3.05, 3.63) is 0 Å². The molecule has 1 aliphatic heterocycles. The quantitative estimate of drug-likeness (QED) is 0.604. The molecule has 0 aromatic heterocycles. The maximum atomic E-state index is 11.9. The summed E-state index contributed by atoms with van der Waals surface area (Å²) in [5.41, 5.74) is 0. The Kier molecular flexibility index (Phi) is 5.91. The zero-order valence-corrected chi connectivity index (χ0v) is 11.7. The minimum atomic E-state index is -0.501. The number of amides is 1. The van der Waals surface area contributed by atoms with Crippen molar-refractivity contribution in [1.82, 2.24) is 5.32 Å². The summed E-state index contributed by atoms with van der Waals surface area (Å²) in [6.07, 6.45) is 1.57. The van der Waals surface area contributed by atoms with E-state index in [0.29, 0.717) is 6.61 Å². The van der Waals surface area contributed by atoms with Crippen molar-refractivity contribution in [3.63, 3.8) is 0 Å². The van der Waals surface area contributed by atoms with Crippen molar-refractivity contribution in [2.75, 3.05) is 20.3 Å². The molecule has 1 N–H and O–H groups in total. The first kappa shape index (κ1) is 14.4. The van der Waals surface area contributed by atoms with Gasteiger partial charge in [0.2, 0.25) is 5.91 Å². The molecule has 0 aromatic rings. The second kappa shape index (κ2) is 6.96. The molecule has 3 atom stereocenters. The molecule has 0 aromatic carbocycles. The number of rotatable bonds is 5. The molecule has 1 saturated heterocycles. The average molecular weight is 308 g/mol. The molecule has 1 rings (SSSR count). The van der Waals surface area contributed by atoms with Gasteiger partial charge in [0.25, 0.3) is 0 Å². The Labute approximate surface area is 109 Å². The van der Waals surface area contributed by atoms with Crippen LogP contribution in [0, 0.1) is 5.92 Å². The first-order valence-electron chi connectivity index (χ1n) is 5.71. The van der Waals surface area contributed by atoms with E-state index in [1.54, 1.807) is 0 Å². The fourth-order valence-corrected chi connectivity index (χ4v) is 2.23. The van der Waals surface area contributed by atoms with Gasteiger partial charge < -0.3 is 14.8 Å². The molecule has 3 unspecified atom stereocenters. The van der Waals surface area contributed by atoms with Gasteiger partial charge >= 0.3 is 5.97 Å². The van der Waals surface area contributed by atoms with Gasteiger partial charge in [0.1, 0.15) is 4.83 Å². The Morgan fingerprint density at radius 3 is 2.88 bits per heavy atom. The van der Waals surface area contributed by atoms with Gasteiger partial charge in [0.15, 0.2) is 0 Å². The predicted molar refractivity (Wildman–Crippen MR) is 65.9 cm³/mol. The number of ether oxygens (including phenoxy) is 2. The Hall–Kier alpha value is -0.620. The Balaban J connectivity index is 2.36. The van der Waals surface area contributed by atoms with E-state index in [-0.39, 0.29) is 30.4 Å². The number of hydrogen-bond acceptors (Lipinski definition) is 4. The first-order valence-corrected chi connectivity index (χ1v) is 6.62. The lowest BCUT2D eigenvalue weighted by Gasteiger charge is -2.17. The third-order valence-corrected chi connectivity index (χ3v) is 3.56. The van der Waals surface area contributed by atoms with E-state index in [1.165, 1.54) is 7.11 Å². The fraction of sp³-hybridized carbons (Fsp3) is 0.818. The standard InChI is InChI=1S/C11H18BrNO4/c1-3-9-7(4-5-17-9)10(14)13-6-8(12)11(15)16-2/h7-9H,3-6H2,1-2H3,(H,13,14). The molecular weight excluding hydrogens is 290 g/mol. The number of carbonyl (C=O) groups excluding carboxylic acids is 2. The van der Waals surface area contributed by atoms with Crippen LogP contribution in [-0.2, 0) is 19.1 Å². The van der Waals surface area contributed by atoms with E-state index in [0.717, 1.165) is 12.8 Å². The Morgan fingerprint density at radius 1 is 1.59 bits per heavy atom. The maximum Gasteiger partial charge on any atom is 0.321 e. The van der Waals surface area contributed by atoms with Gasteiger partial charge in [0, 0.05) is 13.2 Å². The highest BCUT2D eigenvalue weighted by Crippen LogP contribution is 2.23. The van der Waals surface area contributed by atoms with Gasteiger partial charge in [-0.25, -0.2) is 0 Å². The van der Waals surface area contributed by atoms with Crippen LogP contribution in [0.3, 0.4) is 0 Å². The zero-order valence-electron chi connectivity index (χ0n) is 10.1. The van der Waals surface area contributed by atoms with Crippen LogP contribution in [0.1, 0.15) is 19.8 Å². The summed E-state index contributed by atoms with van der Waals surface area (Å²) in [5, 5.41) is 2.74. The molecule has 0 spiro atoms. The number of methoxy groups -OCH3 is 1. The molecule has 5 nitrogen and oxygen atoms in total. The highest BCUT2D eigenvalue weighted by atomic mass is 79.9. The summed E-state index contributed by atoms with van der Waals surface area (Å²) in [6, 6.07) is 0. The first-order chi connectivity index (χ1) is 8.10. The Morgan fingerprint density at radius 2 is 2.29 bits per heavy atom. The second-order valence-electron chi connectivity index (χ2n) is 3.95. The smallest absolute Gasteiger partial charge is 0.321 e. The van der Waals surface area contributed by atoms with Gasteiger partial charge in [-0.05, 0) is 12.8 Å². The monoisotopic (exact) mass is 307 g/mol. The van der Waals surface area contributed by atoms with Crippen LogP contribution in [0.25, 0.3) is 0 Å². The molecule has 1 aliphatic rings. The SMILES string of the molecule is CCC1OCCC1C(=O)NCC(Br)C(=O)OC. The Bertz CT molecular complexity index is 285. The summed E-state index contributed by atoms with van der Waals surface area (Å²) in [7, 11) is 1.32. The summed E-state index contributed by atoms with van der Waals surface area (Å²) in [6.45, 7) is 2.86. The van der Waals surface area contributed by atoms with E-state index >= 15 is 0 Å². The maximum absolute atomic E-state index is 11.9. The lowest BCUT2D eigenvalue weighted by Crippen LogP contribution is -2.39. The van der Waals surface area contributed by atoms with Crippen LogP contribution in [0.15, 0.2) is 0 Å². The minimum Gasteiger partial charge on any atom is -0.468 e. The molecule has 0 aliphatic carbocycles. The molecule has 0 bridgehead atoms. The number of alkyl halides is 1. The highest BCUT2D eigenvalue weighted by molar-refractivity contribution is 9.10. The van der Waals surface area contributed by atoms with Gasteiger partial charge in [-0.15, -0.1) is 0 Å². The number of hydrogen-bond donors (Lipinski definition) is 1. The average Bonchev–Trinajstić information content (AvgIpc) is 2.82. The summed E-state index contributed by atoms with van der Waals surface area (Å²) in [5.74, 6) is -0.542. The van der Waals surface area contributed by atoms with Crippen LogP contribution in [0.4, 0.5) is 0 Å². The van der Waals surface area contributed by atoms with Gasteiger partial charge in [0.05, 0.1) is 19.1 Å². The third-order valence-electron chi connectivity index (χ3n) is 2.86. The fourth-order valence-electron chi connectivity index (χ4n) is 1.88. The van der Waals surface area contributed by atoms with E-state index in [2.05, 4.69) is 26.0 Å². The van der Waals surface area contributed by atoms with Crippen molar-refractivity contribution in [3.8, 4) is 0 Å². The largest absolute Gasteiger partial charge is 0.468 e. The van der Waals surface area contributed by atoms with Gasteiger partial charge in [-0.3, -0.25) is 9.59 Å². The lowest BCUT2D eigenvalue weighted by molar-refractivity contribution is -0.139. The van der Waals surface area contributed by atoms with Crippen molar-refractivity contribution in [1.29, 1.82) is 0 Å². The van der Waals surface area contributed by atoms with Gasteiger partial charge in [-0.1, -0.05) is 22.9 Å². The van der Waals surface area contributed by atoms with Crippen LogP contribution in [0.5, 0.6) is 0 Å². The number of esters is 1. The van der Waals surface area contributed by atoms with Crippen molar-refractivity contribution in [2.45, 2.75) is 30.7 Å². The molecule has 0 radical (unpaired) electrons. The van der Waals surface area contributed by atoms with E-state index < -0.39 is 4.83 Å². The molecule has 17 heavy (non-hydrogen) atoms. The number of nitrogens with one attached hydrogen (secondary N) is 1. The molecule has 6 heteroatoms. The van der Waals surface area contributed by atoms with Crippen LogP contribution in [-0.4, -0.2) is 43.1 Å². The molecule has 1 heterocycles. The molecular formula is C11H18BrNO4. The van der Waals surface area contributed by atoms with E-state index in [4.69, 9.17) is 4.74 Å². The lowest BCUT2D eigenvalue weighted by atomic mass is 9.99. The van der Waals surface area contributed by atoms with Crippen LogP contribution < -0.4 is 5.32 Å². The molecule has 98 valence electrons. The highest BCUT2D eigenvalue weighted by Gasteiger charge is 2.33. The second-order valence-corrected chi connectivity index (χ2v) is 5.05. The normalized spacial score (nSPS) is 25.4. The summed E-state index contributed by atoms with van der Waals surface area (Å²) >= 11 is 3.15. The van der Waals surface area contributed by atoms with E-state index in [9.17, 15) is 9.59 Å². The van der Waals surface area contributed by atoms with Crippen LogP contribution in [0.2, 0.25) is 0 Å².